The van der Waals surface area contributed by atoms with Gasteiger partial charge in [-0.2, -0.15) is 5.26 Å². The molecule has 1 aliphatic carbocycles. The van der Waals surface area contributed by atoms with E-state index in [4.69, 9.17) is 11.6 Å². The van der Waals surface area contributed by atoms with Crippen LogP contribution < -0.4 is 4.90 Å². The van der Waals surface area contributed by atoms with Crippen LogP contribution in [0.3, 0.4) is 0 Å². The predicted molar refractivity (Wildman–Crippen MR) is 140 cm³/mol. The number of fused-ring (bicyclic) bond motifs is 2. The second-order valence-electron chi connectivity index (χ2n) is 10.1. The lowest BCUT2D eigenvalue weighted by Gasteiger charge is -2.30. The smallest absolute Gasteiger partial charge is 0.201 e. The topological polar surface area (TPSA) is 76.7 Å². The van der Waals surface area contributed by atoms with E-state index in [1.165, 1.54) is 0 Å². The van der Waals surface area contributed by atoms with Crippen molar-refractivity contribution in [3.8, 4) is 6.07 Å². The first-order valence-corrected chi connectivity index (χ1v) is 12.1. The van der Waals surface area contributed by atoms with E-state index in [2.05, 4.69) is 43.7 Å². The molecule has 2 aromatic carbocycles. The number of aliphatic imine (C=N–C) groups is 1. The molecule has 0 amide bonds. The number of benzene rings is 2. The van der Waals surface area contributed by atoms with Gasteiger partial charge in [0.05, 0.1) is 28.5 Å². The van der Waals surface area contributed by atoms with Crippen LogP contribution in [0, 0.1) is 17.2 Å². The maximum Gasteiger partial charge on any atom is 0.201 e. The Bertz CT molecular complexity index is 1450. The number of Topliss-reactive ketones (excluding diaryl/α,β-unsaturated/α-hetero) is 1. The summed E-state index contributed by atoms with van der Waals surface area (Å²) in [6.07, 6.45) is 4.40. The summed E-state index contributed by atoms with van der Waals surface area (Å²) in [6, 6.07) is 13.2. The van der Waals surface area contributed by atoms with Crippen LogP contribution in [-0.4, -0.2) is 23.6 Å². The number of ketones is 1. The number of rotatable bonds is 4. The maximum absolute atomic E-state index is 13.3. The van der Waals surface area contributed by atoms with Crippen molar-refractivity contribution in [2.75, 3.05) is 11.4 Å². The van der Waals surface area contributed by atoms with Crippen LogP contribution in [-0.2, 0) is 10.2 Å². The van der Waals surface area contributed by atoms with Crippen LogP contribution in [0.25, 0.3) is 5.57 Å². The average Bonchev–Trinajstić information content (AvgIpc) is 3.31. The van der Waals surface area contributed by atoms with Gasteiger partial charge in [0.15, 0.2) is 0 Å². The molecule has 0 saturated heterocycles. The zero-order chi connectivity index (χ0) is 25.1. The van der Waals surface area contributed by atoms with Crippen molar-refractivity contribution in [2.45, 2.75) is 39.5 Å². The maximum atomic E-state index is 13.3. The van der Waals surface area contributed by atoms with Crippen molar-refractivity contribution in [3.63, 3.8) is 0 Å². The van der Waals surface area contributed by atoms with E-state index in [0.717, 1.165) is 29.9 Å². The second-order valence-corrected chi connectivity index (χ2v) is 10.6. The molecule has 0 radical (unpaired) electrons. The molecule has 0 fully saturated rings. The molecule has 1 N–H and O–H groups in total. The van der Waals surface area contributed by atoms with E-state index in [9.17, 15) is 15.2 Å². The molecule has 0 unspecified atom stereocenters. The lowest BCUT2D eigenvalue weighted by atomic mass is 9.79. The Morgan fingerprint density at radius 2 is 2.00 bits per heavy atom. The van der Waals surface area contributed by atoms with E-state index in [0.29, 0.717) is 38.9 Å². The van der Waals surface area contributed by atoms with Gasteiger partial charge in [0.25, 0.3) is 0 Å². The normalized spacial score (nSPS) is 21.0. The standard InChI is InChI=1S/C29H26ClN3O2/c1-16(2)9-10-33-24-8-6-18(30)12-22(24)29(3,4)25(33)13-20-27(34)26(28(20)35)21-15-32-23-7-5-17(14-31)11-19(21)23/h5-8,11-13,15-16,34H,9-10H2,1-4H3. The second kappa shape index (κ2) is 8.25. The van der Waals surface area contributed by atoms with Crippen molar-refractivity contribution < 1.29 is 9.90 Å². The molecule has 2 aromatic rings. The first-order chi connectivity index (χ1) is 16.6. The van der Waals surface area contributed by atoms with Crippen molar-refractivity contribution in [3.05, 3.63) is 86.8 Å². The summed E-state index contributed by atoms with van der Waals surface area (Å²) >= 11 is 6.34. The number of hydrogen-bond donors (Lipinski definition) is 1. The van der Waals surface area contributed by atoms with E-state index >= 15 is 0 Å². The molecule has 6 heteroatoms. The van der Waals surface area contributed by atoms with Gasteiger partial charge in [-0.05, 0) is 60.4 Å². The number of anilines is 1. The van der Waals surface area contributed by atoms with Crippen molar-refractivity contribution in [1.82, 2.24) is 0 Å². The Balaban J connectivity index is 1.60. The number of allylic oxidation sites excluding steroid dienone is 5. The Morgan fingerprint density at radius 3 is 2.69 bits per heavy atom. The van der Waals surface area contributed by atoms with Crippen LogP contribution in [0.15, 0.2) is 70.1 Å². The molecule has 3 aliphatic rings. The molecule has 0 saturated carbocycles. The van der Waals surface area contributed by atoms with Gasteiger partial charge in [-0.1, -0.05) is 39.3 Å². The lowest BCUT2D eigenvalue weighted by Crippen LogP contribution is -2.30. The molecule has 0 aromatic heterocycles. The molecular weight excluding hydrogens is 458 g/mol. The highest BCUT2D eigenvalue weighted by Crippen LogP contribution is 2.50. The highest BCUT2D eigenvalue weighted by molar-refractivity contribution is 6.33. The summed E-state index contributed by atoms with van der Waals surface area (Å²) in [4.78, 5) is 19.9. The van der Waals surface area contributed by atoms with Gasteiger partial charge in [-0.15, -0.1) is 0 Å². The Labute approximate surface area is 210 Å². The summed E-state index contributed by atoms with van der Waals surface area (Å²) < 4.78 is 0. The van der Waals surface area contributed by atoms with Crippen LogP contribution in [0.2, 0.25) is 5.02 Å². The fourth-order valence-electron chi connectivity index (χ4n) is 5.02. The molecule has 176 valence electrons. The van der Waals surface area contributed by atoms with Gasteiger partial charge in [-0.25, -0.2) is 0 Å². The molecule has 0 bridgehead atoms. The van der Waals surface area contributed by atoms with E-state index in [1.807, 2.05) is 24.3 Å². The van der Waals surface area contributed by atoms with Gasteiger partial charge in [-0.3, -0.25) is 9.79 Å². The Hall–Kier alpha value is -3.62. The molecule has 35 heavy (non-hydrogen) atoms. The molecule has 0 atom stereocenters. The summed E-state index contributed by atoms with van der Waals surface area (Å²) in [5.74, 6) is 0.262. The minimum atomic E-state index is -0.392. The van der Waals surface area contributed by atoms with Gasteiger partial charge in [0, 0.05) is 45.7 Å². The number of aliphatic hydroxyl groups is 1. The predicted octanol–water partition coefficient (Wildman–Crippen LogP) is 6.80. The van der Waals surface area contributed by atoms with Crippen LogP contribution in [0.4, 0.5) is 11.4 Å². The number of nitrogens with zero attached hydrogens (tertiary/aromatic N) is 3. The fourth-order valence-corrected chi connectivity index (χ4v) is 5.19. The Morgan fingerprint density at radius 1 is 1.23 bits per heavy atom. The highest BCUT2D eigenvalue weighted by atomic mass is 35.5. The average molecular weight is 484 g/mol. The third kappa shape index (κ3) is 3.61. The van der Waals surface area contributed by atoms with Crippen LogP contribution >= 0.6 is 11.6 Å². The third-order valence-electron chi connectivity index (χ3n) is 7.05. The third-order valence-corrected chi connectivity index (χ3v) is 7.28. The van der Waals surface area contributed by atoms with Crippen molar-refractivity contribution in [2.24, 2.45) is 10.9 Å². The lowest BCUT2D eigenvalue weighted by molar-refractivity contribution is -0.113. The highest BCUT2D eigenvalue weighted by Gasteiger charge is 2.43. The first-order valence-electron chi connectivity index (χ1n) is 11.7. The molecule has 2 aliphatic heterocycles. The zero-order valence-corrected chi connectivity index (χ0v) is 20.9. The number of halogens is 1. The fraction of sp³-hybridized carbons (Fsp3) is 0.276. The van der Waals surface area contributed by atoms with Gasteiger partial charge >= 0.3 is 0 Å². The molecule has 2 heterocycles. The summed E-state index contributed by atoms with van der Waals surface area (Å²) in [5, 5.41) is 21.0. The van der Waals surface area contributed by atoms with Gasteiger partial charge in [0.1, 0.15) is 5.76 Å². The van der Waals surface area contributed by atoms with E-state index in [-0.39, 0.29) is 17.1 Å². The summed E-state index contributed by atoms with van der Waals surface area (Å²) in [7, 11) is 0. The van der Waals surface area contributed by atoms with Gasteiger partial charge < -0.3 is 10.0 Å². The van der Waals surface area contributed by atoms with Gasteiger partial charge in [0.2, 0.25) is 5.78 Å². The molecule has 5 nitrogen and oxygen atoms in total. The van der Waals surface area contributed by atoms with E-state index in [1.54, 1.807) is 24.4 Å². The molecular formula is C29H26ClN3O2. The monoisotopic (exact) mass is 483 g/mol. The number of carbonyl (C=O) groups excluding carboxylic acids is 1. The molecule has 0 spiro atoms. The minimum absolute atomic E-state index is 0.0345. The minimum Gasteiger partial charge on any atom is -0.506 e. The van der Waals surface area contributed by atoms with E-state index < -0.39 is 5.41 Å². The van der Waals surface area contributed by atoms with Crippen molar-refractivity contribution >= 4 is 40.5 Å². The number of hydrogen-bond acceptors (Lipinski definition) is 5. The van der Waals surface area contributed by atoms with Crippen LogP contribution in [0.5, 0.6) is 0 Å². The van der Waals surface area contributed by atoms with Crippen molar-refractivity contribution in [1.29, 1.82) is 5.26 Å². The Kier molecular flexibility index (Phi) is 5.45. The summed E-state index contributed by atoms with van der Waals surface area (Å²) in [5.41, 5.74) is 5.70. The number of nitriles is 1. The zero-order valence-electron chi connectivity index (χ0n) is 20.2. The summed E-state index contributed by atoms with van der Waals surface area (Å²) in [6.45, 7) is 9.41. The SMILES string of the molecule is CC(C)CCN1C(=CC2=C(O)C(=C3C=Nc4ccc(C#N)cc43)C2=O)C(C)(C)c2cc(Cl)ccc21. The number of aliphatic hydroxyl groups excluding tert-OH is 1. The number of carbonyl (C=O) groups is 1. The van der Waals surface area contributed by atoms with Crippen LogP contribution in [0.1, 0.15) is 50.8 Å². The molecule has 5 rings (SSSR count). The first kappa shape index (κ1) is 23.1. The quantitative estimate of drug-likeness (QED) is 0.485. The largest absolute Gasteiger partial charge is 0.506 e.